The van der Waals surface area contributed by atoms with Crippen LogP contribution in [0.1, 0.15) is 38.4 Å². The molecule has 0 aromatic carbocycles. The Labute approximate surface area is 136 Å². The largest absolute Gasteiger partial charge is 0.387 e. The van der Waals surface area contributed by atoms with Crippen LogP contribution < -0.4 is 0 Å². The maximum atomic E-state index is 10.8. The molecule has 7 nitrogen and oxygen atoms in total. The lowest BCUT2D eigenvalue weighted by Crippen LogP contribution is -2.37. The van der Waals surface area contributed by atoms with Crippen molar-refractivity contribution in [3.05, 3.63) is 29.8 Å². The third-order valence-corrected chi connectivity index (χ3v) is 4.35. The summed E-state index contributed by atoms with van der Waals surface area (Å²) < 4.78 is 3.59. The van der Waals surface area contributed by atoms with Gasteiger partial charge in [-0.15, -0.1) is 5.10 Å². The van der Waals surface area contributed by atoms with Crippen molar-refractivity contribution in [1.29, 1.82) is 0 Å². The molecule has 1 saturated heterocycles. The van der Waals surface area contributed by atoms with Crippen molar-refractivity contribution < 1.29 is 5.11 Å². The molecular weight excluding hydrogens is 292 g/mol. The van der Waals surface area contributed by atoms with Crippen LogP contribution in [-0.4, -0.2) is 53.5 Å². The standard InChI is InChI=1S/C16H26N6O/c1-15(2,3)14-13(9-20(4)18-14)10-21-7-5-16(23,11-21)12-22-8-6-17-19-22/h6,8-9,23H,5,7,10-12H2,1-4H3. The lowest BCUT2D eigenvalue weighted by atomic mass is 9.89. The normalized spacial score (nSPS) is 22.8. The van der Waals surface area contributed by atoms with Crippen molar-refractivity contribution in [2.24, 2.45) is 7.05 Å². The number of β-amino-alcohol motifs (C(OH)–C–C–N with tert-alkyl or cyclic N) is 1. The molecule has 1 N–H and O–H groups in total. The zero-order chi connectivity index (χ0) is 16.7. The molecule has 2 aromatic heterocycles. The van der Waals surface area contributed by atoms with Gasteiger partial charge in [0.1, 0.15) is 0 Å². The van der Waals surface area contributed by atoms with E-state index in [1.54, 1.807) is 17.1 Å². The summed E-state index contributed by atoms with van der Waals surface area (Å²) in [5, 5.41) is 23.2. The summed E-state index contributed by atoms with van der Waals surface area (Å²) in [5.41, 5.74) is 1.65. The Bertz CT molecular complexity index is 657. The number of aromatic nitrogens is 5. The van der Waals surface area contributed by atoms with Gasteiger partial charge in [0.2, 0.25) is 0 Å². The quantitative estimate of drug-likeness (QED) is 0.908. The summed E-state index contributed by atoms with van der Waals surface area (Å²) in [6, 6.07) is 0. The van der Waals surface area contributed by atoms with Crippen molar-refractivity contribution in [2.45, 2.75) is 51.3 Å². The van der Waals surface area contributed by atoms with Crippen LogP contribution in [-0.2, 0) is 25.6 Å². The molecule has 126 valence electrons. The van der Waals surface area contributed by atoms with Crippen LogP contribution in [0.25, 0.3) is 0 Å². The fourth-order valence-electron chi connectivity index (χ4n) is 3.35. The Balaban J connectivity index is 1.69. The molecule has 2 aromatic rings. The van der Waals surface area contributed by atoms with Gasteiger partial charge >= 0.3 is 0 Å². The first-order valence-corrected chi connectivity index (χ1v) is 8.07. The highest BCUT2D eigenvalue weighted by molar-refractivity contribution is 5.24. The van der Waals surface area contributed by atoms with Gasteiger partial charge in [0.25, 0.3) is 0 Å². The first-order chi connectivity index (χ1) is 10.8. The van der Waals surface area contributed by atoms with Crippen LogP contribution in [0, 0.1) is 0 Å². The fourth-order valence-corrected chi connectivity index (χ4v) is 3.35. The van der Waals surface area contributed by atoms with E-state index in [0.717, 1.165) is 25.2 Å². The van der Waals surface area contributed by atoms with Crippen molar-refractivity contribution in [2.75, 3.05) is 13.1 Å². The minimum absolute atomic E-state index is 0.0212. The minimum Gasteiger partial charge on any atom is -0.387 e. The van der Waals surface area contributed by atoms with E-state index >= 15 is 0 Å². The minimum atomic E-state index is -0.738. The molecule has 0 aliphatic carbocycles. The molecule has 0 spiro atoms. The van der Waals surface area contributed by atoms with Crippen LogP contribution >= 0.6 is 0 Å². The molecule has 1 atom stereocenters. The Morgan fingerprint density at radius 2 is 2.13 bits per heavy atom. The predicted molar refractivity (Wildman–Crippen MR) is 86.8 cm³/mol. The summed E-state index contributed by atoms with van der Waals surface area (Å²) in [4.78, 5) is 2.29. The molecule has 1 aliphatic rings. The van der Waals surface area contributed by atoms with E-state index in [0.29, 0.717) is 13.1 Å². The zero-order valence-corrected chi connectivity index (χ0v) is 14.4. The van der Waals surface area contributed by atoms with Crippen LogP contribution in [0.2, 0.25) is 0 Å². The highest BCUT2D eigenvalue weighted by Crippen LogP contribution is 2.28. The van der Waals surface area contributed by atoms with E-state index in [1.165, 1.54) is 5.56 Å². The predicted octanol–water partition coefficient (Wildman–Crippen LogP) is 0.946. The first-order valence-electron chi connectivity index (χ1n) is 8.07. The van der Waals surface area contributed by atoms with Crippen LogP contribution in [0.4, 0.5) is 0 Å². The molecule has 23 heavy (non-hydrogen) atoms. The van der Waals surface area contributed by atoms with Crippen LogP contribution in [0.3, 0.4) is 0 Å². The molecular formula is C16H26N6O. The van der Waals surface area contributed by atoms with Crippen molar-refractivity contribution in [3.63, 3.8) is 0 Å². The second kappa shape index (κ2) is 5.72. The van der Waals surface area contributed by atoms with Crippen LogP contribution in [0.5, 0.6) is 0 Å². The molecule has 3 rings (SSSR count). The second-order valence-corrected chi connectivity index (χ2v) is 7.71. The number of hydrogen-bond donors (Lipinski definition) is 1. The molecule has 1 fully saturated rings. The van der Waals surface area contributed by atoms with Gasteiger partial charge < -0.3 is 5.11 Å². The van der Waals surface area contributed by atoms with Gasteiger partial charge in [-0.3, -0.25) is 9.58 Å². The van der Waals surface area contributed by atoms with Gasteiger partial charge in [0, 0.05) is 50.1 Å². The lowest BCUT2D eigenvalue weighted by molar-refractivity contribution is 0.0274. The maximum Gasteiger partial charge on any atom is 0.0981 e. The smallest absolute Gasteiger partial charge is 0.0981 e. The summed E-state index contributed by atoms with van der Waals surface area (Å²) in [6.45, 7) is 9.38. The van der Waals surface area contributed by atoms with E-state index < -0.39 is 5.60 Å². The maximum absolute atomic E-state index is 10.8. The second-order valence-electron chi connectivity index (χ2n) is 7.71. The zero-order valence-electron chi connectivity index (χ0n) is 14.4. The average Bonchev–Trinajstić information content (AvgIpc) is 3.12. The summed E-state index contributed by atoms with van der Waals surface area (Å²) >= 11 is 0. The van der Waals surface area contributed by atoms with E-state index in [2.05, 4.69) is 47.3 Å². The van der Waals surface area contributed by atoms with Gasteiger partial charge in [-0.1, -0.05) is 26.0 Å². The van der Waals surface area contributed by atoms with Gasteiger partial charge in [0.05, 0.1) is 24.0 Å². The van der Waals surface area contributed by atoms with E-state index in [-0.39, 0.29) is 5.41 Å². The summed E-state index contributed by atoms with van der Waals surface area (Å²) in [6.07, 6.45) is 6.27. The number of nitrogens with zero attached hydrogens (tertiary/aromatic N) is 6. The van der Waals surface area contributed by atoms with Crippen molar-refractivity contribution in [1.82, 2.24) is 29.7 Å². The molecule has 0 saturated carbocycles. The van der Waals surface area contributed by atoms with Gasteiger partial charge in [-0.05, 0) is 6.42 Å². The van der Waals surface area contributed by atoms with E-state index in [4.69, 9.17) is 0 Å². The van der Waals surface area contributed by atoms with Crippen molar-refractivity contribution in [3.8, 4) is 0 Å². The third kappa shape index (κ3) is 3.61. The van der Waals surface area contributed by atoms with Gasteiger partial charge in [0.15, 0.2) is 0 Å². The number of aliphatic hydroxyl groups is 1. The molecule has 0 amide bonds. The highest BCUT2D eigenvalue weighted by atomic mass is 16.3. The summed E-state index contributed by atoms with van der Waals surface area (Å²) in [7, 11) is 1.96. The number of aryl methyl sites for hydroxylation is 1. The number of rotatable bonds is 4. The SMILES string of the molecule is Cn1cc(CN2CCC(O)(Cn3ccnn3)C2)c(C(C)(C)C)n1. The van der Waals surface area contributed by atoms with Crippen molar-refractivity contribution >= 4 is 0 Å². The monoisotopic (exact) mass is 318 g/mol. The summed E-state index contributed by atoms with van der Waals surface area (Å²) in [5.74, 6) is 0. The Morgan fingerprint density at radius 3 is 2.78 bits per heavy atom. The Kier molecular flexibility index (Phi) is 4.01. The molecule has 7 heteroatoms. The third-order valence-electron chi connectivity index (χ3n) is 4.35. The number of hydrogen-bond acceptors (Lipinski definition) is 5. The van der Waals surface area contributed by atoms with E-state index in [1.807, 2.05) is 11.7 Å². The van der Waals surface area contributed by atoms with Crippen LogP contribution in [0.15, 0.2) is 18.6 Å². The topological polar surface area (TPSA) is 72.0 Å². The van der Waals surface area contributed by atoms with E-state index in [9.17, 15) is 5.11 Å². The molecule has 0 radical (unpaired) electrons. The van der Waals surface area contributed by atoms with Gasteiger partial charge in [-0.25, -0.2) is 4.68 Å². The molecule has 0 bridgehead atoms. The average molecular weight is 318 g/mol. The molecule has 3 heterocycles. The molecule has 1 aliphatic heterocycles. The highest BCUT2D eigenvalue weighted by Gasteiger charge is 2.37. The number of likely N-dealkylation sites (tertiary alicyclic amines) is 1. The Morgan fingerprint density at radius 1 is 1.35 bits per heavy atom. The lowest BCUT2D eigenvalue weighted by Gasteiger charge is -2.24. The fraction of sp³-hybridized carbons (Fsp3) is 0.688. The molecule has 1 unspecified atom stereocenters. The Hall–Kier alpha value is -1.73. The van der Waals surface area contributed by atoms with Gasteiger partial charge in [-0.2, -0.15) is 5.10 Å². The first kappa shape index (κ1) is 16.1.